The molecule has 0 amide bonds. The number of allylic oxidation sites excluding steroid dienone is 6. The van der Waals surface area contributed by atoms with Crippen LogP contribution in [0.2, 0.25) is 0 Å². The summed E-state index contributed by atoms with van der Waals surface area (Å²) in [5.41, 5.74) is 20.8. The van der Waals surface area contributed by atoms with E-state index in [1.165, 1.54) is 137 Å². The Balaban J connectivity index is 1.20. The largest absolute Gasteiger partial charge is 0.339 e. The van der Waals surface area contributed by atoms with Crippen molar-refractivity contribution >= 4 is 40.4 Å². The second-order valence-corrected chi connectivity index (χ2v) is 19.5. The predicted octanol–water partition coefficient (Wildman–Crippen LogP) is 14.0. The second kappa shape index (κ2) is 15.9. The van der Waals surface area contributed by atoms with E-state index < -0.39 is 5.41 Å². The molecule has 3 heteroatoms. The lowest BCUT2D eigenvalue weighted by Gasteiger charge is -2.51. The average Bonchev–Trinajstić information content (AvgIpc) is 3.32. The van der Waals surface area contributed by atoms with Gasteiger partial charge in [-0.2, -0.15) is 0 Å². The van der Waals surface area contributed by atoms with Crippen LogP contribution in [0.3, 0.4) is 0 Å². The molecule has 1 atom stereocenters. The van der Waals surface area contributed by atoms with Gasteiger partial charge in [-0.3, -0.25) is 0 Å². The summed E-state index contributed by atoms with van der Waals surface area (Å²) >= 11 is 0. The van der Waals surface area contributed by atoms with E-state index >= 15 is 0 Å². The topological polar surface area (TPSA) is 6.48 Å². The highest BCUT2D eigenvalue weighted by atomic mass is 15.2. The Bertz CT molecular complexity index is 2520. The molecule has 1 unspecified atom stereocenters. The molecule has 5 aromatic rings. The number of fused-ring (bicyclic) bond motifs is 4. The van der Waals surface area contributed by atoms with Gasteiger partial charge in [-0.05, 0) is 153 Å². The van der Waals surface area contributed by atoms with E-state index in [1.807, 2.05) is 0 Å². The molecule has 11 rings (SSSR count). The number of hydrogen-bond donors (Lipinski definition) is 0. The van der Waals surface area contributed by atoms with Crippen LogP contribution in [0.1, 0.15) is 131 Å². The molecule has 0 N–H and O–H groups in total. The van der Waals surface area contributed by atoms with Gasteiger partial charge in [0.2, 0.25) is 6.71 Å². The van der Waals surface area contributed by atoms with Crippen molar-refractivity contribution in [2.45, 2.75) is 122 Å². The van der Waals surface area contributed by atoms with Crippen molar-refractivity contribution in [2.24, 2.45) is 5.92 Å². The molecule has 4 aliphatic carbocycles. The standard InChI is InChI=1S/C58H61BN2/c1-40-24-30-49(31-25-40)60-54-35-29-45(43-18-10-5-11-19-43)37-52(54)59-51-36-41(2)26-34-53(51)61(50-32-27-44(28-33-50)42-16-8-4-9-17-42)56-39-48(38-55(60)57(56)59)58(3,46-20-12-6-13-21-46)47-22-14-7-15-23-47/h6-7,12-15,20-24,26-30,32-34,36-39,42-43,54H,4-5,8-11,16-19,25,31,35H2,1-3H3. The highest BCUT2D eigenvalue weighted by molar-refractivity contribution is 6.95. The Hall–Kier alpha value is -5.28. The molecule has 0 bridgehead atoms. The first-order chi connectivity index (χ1) is 30.0. The number of anilines is 4. The average molecular weight is 797 g/mol. The van der Waals surface area contributed by atoms with Gasteiger partial charge in [0.15, 0.2) is 0 Å². The Labute approximate surface area is 365 Å². The van der Waals surface area contributed by atoms with Crippen LogP contribution in [0.15, 0.2) is 162 Å². The van der Waals surface area contributed by atoms with Crippen molar-refractivity contribution in [1.29, 1.82) is 0 Å². The number of nitrogens with zero attached hydrogens (tertiary/aromatic N) is 2. The minimum absolute atomic E-state index is 0.182. The van der Waals surface area contributed by atoms with Gasteiger partial charge in [0.05, 0.1) is 6.04 Å². The monoisotopic (exact) mass is 796 g/mol. The van der Waals surface area contributed by atoms with Gasteiger partial charge in [-0.15, -0.1) is 0 Å². The molecule has 2 fully saturated rings. The van der Waals surface area contributed by atoms with Gasteiger partial charge in [-0.1, -0.05) is 158 Å². The molecule has 306 valence electrons. The second-order valence-electron chi connectivity index (χ2n) is 19.5. The van der Waals surface area contributed by atoms with Gasteiger partial charge >= 0.3 is 0 Å². The predicted molar refractivity (Wildman–Crippen MR) is 260 cm³/mol. The molecule has 0 radical (unpaired) electrons. The number of aryl methyl sites for hydroxylation is 1. The molecule has 0 aromatic heterocycles. The lowest BCUT2D eigenvalue weighted by atomic mass is 9.31. The third-order valence-electron chi connectivity index (χ3n) is 15.8. The van der Waals surface area contributed by atoms with Crippen LogP contribution in [0.4, 0.5) is 22.7 Å². The van der Waals surface area contributed by atoms with Crippen molar-refractivity contribution in [2.75, 3.05) is 9.80 Å². The highest BCUT2D eigenvalue weighted by Gasteiger charge is 2.49. The first-order valence-electron chi connectivity index (χ1n) is 23.8. The van der Waals surface area contributed by atoms with Gasteiger partial charge in [-0.25, -0.2) is 0 Å². The van der Waals surface area contributed by atoms with Crippen molar-refractivity contribution in [3.63, 3.8) is 0 Å². The maximum Gasteiger partial charge on any atom is 0.247 e. The normalized spacial score (nSPS) is 20.5. The Kier molecular flexibility index (Phi) is 10.1. The summed E-state index contributed by atoms with van der Waals surface area (Å²) in [7, 11) is 0. The summed E-state index contributed by atoms with van der Waals surface area (Å²) in [6, 6.07) is 45.3. The zero-order chi connectivity index (χ0) is 41.1. The minimum atomic E-state index is -0.395. The third-order valence-corrected chi connectivity index (χ3v) is 15.8. The molecular weight excluding hydrogens is 735 g/mol. The molecule has 5 aromatic carbocycles. The maximum atomic E-state index is 2.84. The third kappa shape index (κ3) is 6.70. The molecule has 61 heavy (non-hydrogen) atoms. The van der Waals surface area contributed by atoms with Crippen LogP contribution in [0.5, 0.6) is 0 Å². The first-order valence-corrected chi connectivity index (χ1v) is 23.8. The van der Waals surface area contributed by atoms with Crippen molar-refractivity contribution < 1.29 is 0 Å². The van der Waals surface area contributed by atoms with Crippen molar-refractivity contribution in [3.8, 4) is 0 Å². The van der Waals surface area contributed by atoms with E-state index in [4.69, 9.17) is 0 Å². The van der Waals surface area contributed by atoms with Crippen molar-refractivity contribution in [3.05, 3.63) is 190 Å². The smallest absolute Gasteiger partial charge is 0.247 e. The molecule has 2 heterocycles. The van der Waals surface area contributed by atoms with Gasteiger partial charge < -0.3 is 9.80 Å². The first kappa shape index (κ1) is 38.6. The summed E-state index contributed by atoms with van der Waals surface area (Å²) in [5.74, 6) is 1.35. The summed E-state index contributed by atoms with van der Waals surface area (Å²) in [6.07, 6.45) is 26.9. The van der Waals surface area contributed by atoms with Gasteiger partial charge in [0, 0.05) is 33.9 Å². The summed E-state index contributed by atoms with van der Waals surface area (Å²) in [6.45, 7) is 7.25. The maximum absolute atomic E-state index is 2.84. The molecule has 2 saturated carbocycles. The van der Waals surface area contributed by atoms with Crippen LogP contribution >= 0.6 is 0 Å². The molecule has 0 saturated heterocycles. The zero-order valence-electron chi connectivity index (χ0n) is 36.7. The van der Waals surface area contributed by atoms with E-state index in [9.17, 15) is 0 Å². The minimum Gasteiger partial charge on any atom is -0.339 e. The lowest BCUT2D eigenvalue weighted by molar-refractivity contribution is 0.406. The summed E-state index contributed by atoms with van der Waals surface area (Å²) < 4.78 is 0. The van der Waals surface area contributed by atoms with Gasteiger partial charge in [0.25, 0.3) is 0 Å². The van der Waals surface area contributed by atoms with E-state index in [2.05, 4.69) is 170 Å². The number of hydrogen-bond acceptors (Lipinski definition) is 2. The molecule has 2 aliphatic heterocycles. The van der Waals surface area contributed by atoms with Crippen LogP contribution in [0, 0.1) is 12.8 Å². The van der Waals surface area contributed by atoms with E-state index in [1.54, 1.807) is 11.0 Å². The van der Waals surface area contributed by atoms with Crippen LogP contribution < -0.4 is 20.7 Å². The van der Waals surface area contributed by atoms with Crippen LogP contribution in [-0.2, 0) is 5.41 Å². The molecule has 2 nitrogen and oxygen atoms in total. The van der Waals surface area contributed by atoms with E-state index in [0.717, 1.165) is 19.3 Å². The quantitative estimate of drug-likeness (QED) is 0.120. The fourth-order valence-corrected chi connectivity index (χ4v) is 12.4. The molecule has 0 spiro atoms. The SMILES string of the molecule is CC1=CC=C(N2c3cc(C(C)(c4ccccc4)c4ccccc4)cc4c3B(C3=CC(C5CCCCC5)=CCC32)c2cc(C)ccc2N4c2ccc(C3CCCCC3)cc2)CC1. The molecule has 6 aliphatic rings. The van der Waals surface area contributed by atoms with Crippen molar-refractivity contribution in [1.82, 2.24) is 0 Å². The Morgan fingerprint density at radius 1 is 0.607 bits per heavy atom. The number of benzene rings is 5. The fourth-order valence-electron chi connectivity index (χ4n) is 12.4. The zero-order valence-corrected chi connectivity index (χ0v) is 36.7. The number of rotatable bonds is 7. The lowest BCUT2D eigenvalue weighted by Crippen LogP contribution is -2.62. The Morgan fingerprint density at radius 3 is 1.92 bits per heavy atom. The van der Waals surface area contributed by atoms with E-state index in [-0.39, 0.29) is 12.8 Å². The fraction of sp³-hybridized carbons (Fsp3) is 0.345. The Morgan fingerprint density at radius 2 is 1.26 bits per heavy atom. The molecular formula is C58H61BN2. The summed E-state index contributed by atoms with van der Waals surface area (Å²) in [5, 5.41) is 0. The van der Waals surface area contributed by atoms with Crippen LogP contribution in [-0.4, -0.2) is 12.8 Å². The van der Waals surface area contributed by atoms with E-state index in [0.29, 0.717) is 11.8 Å². The summed E-state index contributed by atoms with van der Waals surface area (Å²) in [4.78, 5) is 5.50. The van der Waals surface area contributed by atoms with Gasteiger partial charge in [0.1, 0.15) is 0 Å². The van der Waals surface area contributed by atoms with Crippen LogP contribution in [0.25, 0.3) is 0 Å². The highest BCUT2D eigenvalue weighted by Crippen LogP contribution is 2.50.